The van der Waals surface area contributed by atoms with Crippen molar-refractivity contribution in [1.82, 2.24) is 4.90 Å². The van der Waals surface area contributed by atoms with Gasteiger partial charge in [-0.1, -0.05) is 42.5 Å². The summed E-state index contributed by atoms with van der Waals surface area (Å²) in [6, 6.07) is 19.6. The Morgan fingerprint density at radius 2 is 1.52 bits per heavy atom. The Morgan fingerprint density at radius 1 is 0.905 bits per heavy atom. The van der Waals surface area contributed by atoms with Gasteiger partial charge in [-0.25, -0.2) is 0 Å². The lowest BCUT2D eigenvalue weighted by Crippen LogP contribution is -2.30. The van der Waals surface area contributed by atoms with Crippen molar-refractivity contribution in [2.75, 3.05) is 25.9 Å². The molecular formula is C19H23NS. The molecule has 2 aromatic rings. The second-order valence-electron chi connectivity index (χ2n) is 5.95. The van der Waals surface area contributed by atoms with Crippen molar-refractivity contribution in [1.29, 1.82) is 0 Å². The summed E-state index contributed by atoms with van der Waals surface area (Å²) < 4.78 is 0. The van der Waals surface area contributed by atoms with Crippen molar-refractivity contribution in [2.24, 2.45) is 5.92 Å². The normalized spacial score (nSPS) is 17.0. The van der Waals surface area contributed by atoms with Gasteiger partial charge in [0, 0.05) is 10.6 Å². The molecule has 0 N–H and O–H groups in total. The smallest absolute Gasteiger partial charge is 0.00724 e. The summed E-state index contributed by atoms with van der Waals surface area (Å²) >= 11 is 2.01. The number of nitrogens with zero attached hydrogens (tertiary/aromatic N) is 1. The zero-order valence-electron chi connectivity index (χ0n) is 12.7. The van der Waals surface area contributed by atoms with Crippen LogP contribution in [0.2, 0.25) is 0 Å². The van der Waals surface area contributed by atoms with Crippen LogP contribution in [-0.4, -0.2) is 30.8 Å². The second-order valence-corrected chi connectivity index (χ2v) is 7.04. The molecule has 2 aromatic carbocycles. The van der Waals surface area contributed by atoms with Crippen molar-refractivity contribution in [2.45, 2.75) is 17.7 Å². The predicted octanol–water partition coefficient (Wildman–Crippen LogP) is 4.79. The van der Waals surface area contributed by atoms with Crippen molar-refractivity contribution < 1.29 is 0 Å². The van der Waals surface area contributed by atoms with Gasteiger partial charge in [-0.3, -0.25) is 0 Å². The molecule has 0 amide bonds. The van der Waals surface area contributed by atoms with E-state index in [4.69, 9.17) is 0 Å². The van der Waals surface area contributed by atoms with E-state index in [1.165, 1.54) is 47.7 Å². The van der Waals surface area contributed by atoms with Crippen LogP contribution in [0.15, 0.2) is 59.5 Å². The van der Waals surface area contributed by atoms with Gasteiger partial charge in [-0.05, 0) is 62.2 Å². The molecule has 1 aliphatic rings. The van der Waals surface area contributed by atoms with Crippen LogP contribution in [0.1, 0.15) is 12.8 Å². The molecule has 0 bridgehead atoms. The first-order valence-electron chi connectivity index (χ1n) is 7.78. The van der Waals surface area contributed by atoms with Crippen molar-refractivity contribution in [3.05, 3.63) is 54.6 Å². The Kier molecular flexibility index (Phi) is 5.00. The topological polar surface area (TPSA) is 3.24 Å². The van der Waals surface area contributed by atoms with Crippen LogP contribution < -0.4 is 0 Å². The SMILES string of the molecule is CN1CCC(CSc2ccc(-c3ccccc3)cc2)CC1. The highest BCUT2D eigenvalue weighted by Crippen LogP contribution is 2.28. The molecule has 1 aliphatic heterocycles. The van der Waals surface area contributed by atoms with Crippen LogP contribution in [-0.2, 0) is 0 Å². The van der Waals surface area contributed by atoms with Gasteiger partial charge in [0.05, 0.1) is 0 Å². The van der Waals surface area contributed by atoms with Crippen LogP contribution in [0.3, 0.4) is 0 Å². The number of thioether (sulfide) groups is 1. The number of piperidine rings is 1. The zero-order chi connectivity index (χ0) is 14.5. The molecule has 3 rings (SSSR count). The summed E-state index contributed by atoms with van der Waals surface area (Å²) in [5.74, 6) is 2.15. The summed E-state index contributed by atoms with van der Waals surface area (Å²) in [7, 11) is 2.23. The minimum Gasteiger partial charge on any atom is -0.306 e. The van der Waals surface area contributed by atoms with E-state index < -0.39 is 0 Å². The average molecular weight is 297 g/mol. The van der Waals surface area contributed by atoms with Gasteiger partial charge in [0.15, 0.2) is 0 Å². The molecule has 0 radical (unpaired) electrons. The Bertz CT molecular complexity index is 542. The highest BCUT2D eigenvalue weighted by atomic mass is 32.2. The fourth-order valence-corrected chi connectivity index (χ4v) is 3.91. The molecule has 1 fully saturated rings. The maximum atomic E-state index is 2.44. The van der Waals surface area contributed by atoms with Crippen LogP contribution in [0.4, 0.5) is 0 Å². The monoisotopic (exact) mass is 297 g/mol. The molecule has 0 atom stereocenters. The minimum absolute atomic E-state index is 0.889. The highest BCUT2D eigenvalue weighted by Gasteiger charge is 2.16. The molecular weight excluding hydrogens is 274 g/mol. The van der Waals surface area contributed by atoms with E-state index in [1.807, 2.05) is 11.8 Å². The van der Waals surface area contributed by atoms with E-state index in [0.29, 0.717) is 0 Å². The first kappa shape index (κ1) is 14.7. The maximum absolute atomic E-state index is 2.44. The summed E-state index contributed by atoms with van der Waals surface area (Å²) in [6.45, 7) is 2.52. The second kappa shape index (κ2) is 7.15. The molecule has 21 heavy (non-hydrogen) atoms. The van der Waals surface area contributed by atoms with E-state index in [2.05, 4.69) is 66.5 Å². The number of likely N-dealkylation sites (tertiary alicyclic amines) is 1. The summed E-state index contributed by atoms with van der Waals surface area (Å²) in [5.41, 5.74) is 2.60. The first-order valence-corrected chi connectivity index (χ1v) is 8.76. The van der Waals surface area contributed by atoms with Crippen LogP contribution in [0, 0.1) is 5.92 Å². The fourth-order valence-electron chi connectivity index (χ4n) is 2.82. The lowest BCUT2D eigenvalue weighted by molar-refractivity contribution is 0.232. The molecule has 1 nitrogen and oxygen atoms in total. The van der Waals surface area contributed by atoms with Crippen LogP contribution >= 0.6 is 11.8 Å². The maximum Gasteiger partial charge on any atom is 0.00724 e. The van der Waals surface area contributed by atoms with Crippen LogP contribution in [0.25, 0.3) is 11.1 Å². The number of hydrogen-bond donors (Lipinski definition) is 0. The quantitative estimate of drug-likeness (QED) is 0.747. The van der Waals surface area contributed by atoms with Crippen molar-refractivity contribution in [3.63, 3.8) is 0 Å². The molecule has 0 spiro atoms. The summed E-state index contributed by atoms with van der Waals surface area (Å²) in [4.78, 5) is 3.84. The number of benzene rings is 2. The molecule has 0 unspecified atom stereocenters. The van der Waals surface area contributed by atoms with E-state index in [-0.39, 0.29) is 0 Å². The third-order valence-electron chi connectivity index (χ3n) is 4.29. The molecule has 0 saturated carbocycles. The Hall–Kier alpha value is -1.25. The lowest BCUT2D eigenvalue weighted by atomic mass is 10.00. The average Bonchev–Trinajstić information content (AvgIpc) is 2.56. The predicted molar refractivity (Wildman–Crippen MR) is 92.8 cm³/mol. The van der Waals surface area contributed by atoms with E-state index in [0.717, 1.165) is 5.92 Å². The van der Waals surface area contributed by atoms with Gasteiger partial charge in [-0.2, -0.15) is 0 Å². The van der Waals surface area contributed by atoms with Crippen LogP contribution in [0.5, 0.6) is 0 Å². The van der Waals surface area contributed by atoms with E-state index in [1.54, 1.807) is 0 Å². The molecule has 2 heteroatoms. The molecule has 0 aromatic heterocycles. The van der Waals surface area contributed by atoms with E-state index in [9.17, 15) is 0 Å². The zero-order valence-corrected chi connectivity index (χ0v) is 13.5. The van der Waals surface area contributed by atoms with E-state index >= 15 is 0 Å². The fraction of sp³-hybridized carbons (Fsp3) is 0.368. The Labute approximate surface area is 132 Å². The van der Waals surface area contributed by atoms with Crippen molar-refractivity contribution in [3.8, 4) is 11.1 Å². The molecule has 110 valence electrons. The Balaban J connectivity index is 1.55. The minimum atomic E-state index is 0.889. The van der Waals surface area contributed by atoms with Gasteiger partial charge in [0.1, 0.15) is 0 Å². The third-order valence-corrected chi connectivity index (χ3v) is 5.53. The lowest BCUT2D eigenvalue weighted by Gasteiger charge is -2.28. The molecule has 1 heterocycles. The van der Waals surface area contributed by atoms with Crippen molar-refractivity contribution >= 4 is 11.8 Å². The Morgan fingerprint density at radius 3 is 2.19 bits per heavy atom. The van der Waals surface area contributed by atoms with Gasteiger partial charge < -0.3 is 4.90 Å². The van der Waals surface area contributed by atoms with Gasteiger partial charge in [0.25, 0.3) is 0 Å². The largest absolute Gasteiger partial charge is 0.306 e. The van der Waals surface area contributed by atoms with Gasteiger partial charge >= 0.3 is 0 Å². The number of hydrogen-bond acceptors (Lipinski definition) is 2. The number of rotatable bonds is 4. The first-order chi connectivity index (χ1) is 10.3. The molecule has 1 saturated heterocycles. The third kappa shape index (κ3) is 4.12. The van der Waals surface area contributed by atoms with Gasteiger partial charge in [-0.15, -0.1) is 11.8 Å². The summed E-state index contributed by atoms with van der Waals surface area (Å²) in [5, 5.41) is 0. The highest BCUT2D eigenvalue weighted by molar-refractivity contribution is 7.99. The molecule has 0 aliphatic carbocycles. The summed E-state index contributed by atoms with van der Waals surface area (Å²) in [6.07, 6.45) is 2.71. The standard InChI is InChI=1S/C19H23NS/c1-20-13-11-16(12-14-20)15-21-19-9-7-18(8-10-19)17-5-3-2-4-6-17/h2-10,16H,11-15H2,1H3. The van der Waals surface area contributed by atoms with Gasteiger partial charge in [0.2, 0.25) is 0 Å².